The van der Waals surface area contributed by atoms with Gasteiger partial charge in [0.1, 0.15) is 18.2 Å². The van der Waals surface area contributed by atoms with Crippen molar-refractivity contribution in [1.82, 2.24) is 15.2 Å². The maximum atomic E-state index is 14.5. The molecule has 0 unspecified atom stereocenters. The molecule has 2 aliphatic rings. The number of amides is 1. The molecule has 0 saturated heterocycles. The van der Waals surface area contributed by atoms with E-state index in [2.05, 4.69) is 17.0 Å². The lowest BCUT2D eigenvalue weighted by Crippen LogP contribution is -2.43. The second-order valence-corrected chi connectivity index (χ2v) is 10.2. The number of benzene rings is 3. The van der Waals surface area contributed by atoms with E-state index in [9.17, 15) is 22.4 Å². The quantitative estimate of drug-likeness (QED) is 0.329. The Bertz CT molecular complexity index is 1430. The van der Waals surface area contributed by atoms with Gasteiger partial charge in [0.2, 0.25) is 5.91 Å². The van der Waals surface area contributed by atoms with Crippen LogP contribution >= 0.6 is 11.6 Å². The highest BCUT2D eigenvalue weighted by Gasteiger charge is 2.46. The number of alkyl halides is 3. The van der Waals surface area contributed by atoms with Crippen molar-refractivity contribution in [3.63, 3.8) is 0 Å². The van der Waals surface area contributed by atoms with Gasteiger partial charge in [0.05, 0.1) is 12.1 Å². The summed E-state index contributed by atoms with van der Waals surface area (Å²) in [7, 11) is 0. The van der Waals surface area contributed by atoms with Gasteiger partial charge < -0.3 is 10.2 Å². The molecule has 39 heavy (non-hydrogen) atoms. The van der Waals surface area contributed by atoms with E-state index in [4.69, 9.17) is 11.6 Å². The van der Waals surface area contributed by atoms with Crippen molar-refractivity contribution in [3.8, 4) is 0 Å². The van der Waals surface area contributed by atoms with Crippen LogP contribution in [-0.4, -0.2) is 33.7 Å². The van der Waals surface area contributed by atoms with Gasteiger partial charge in [-0.05, 0) is 61.2 Å². The zero-order valence-corrected chi connectivity index (χ0v) is 21.6. The fourth-order valence-corrected chi connectivity index (χ4v) is 4.80. The summed E-state index contributed by atoms with van der Waals surface area (Å²) in [5.74, 6) is 0.0513. The average Bonchev–Trinajstić information content (AvgIpc) is 3.57. The molecule has 5 rings (SSSR count). The monoisotopic (exact) mass is 556 g/mol. The van der Waals surface area contributed by atoms with E-state index >= 15 is 0 Å². The van der Waals surface area contributed by atoms with Crippen molar-refractivity contribution in [2.24, 2.45) is 5.10 Å². The van der Waals surface area contributed by atoms with E-state index in [0.29, 0.717) is 40.6 Å². The van der Waals surface area contributed by atoms with Crippen LogP contribution < -0.4 is 5.32 Å². The van der Waals surface area contributed by atoms with Crippen molar-refractivity contribution in [2.75, 3.05) is 6.54 Å². The fraction of sp³-hybridized carbons (Fsp3) is 0.241. The van der Waals surface area contributed by atoms with Crippen LogP contribution in [0.2, 0.25) is 5.02 Å². The topological polar surface area (TPSA) is 47.9 Å². The molecule has 1 N–H and O–H groups in total. The number of carbonyl (C=O) groups excluding carboxylic acids is 1. The molecule has 10 heteroatoms. The number of nitrogens with zero attached hydrogens (tertiary/aromatic N) is 3. The van der Waals surface area contributed by atoms with Gasteiger partial charge in [-0.2, -0.15) is 18.3 Å². The van der Waals surface area contributed by atoms with Gasteiger partial charge in [-0.1, -0.05) is 54.6 Å². The van der Waals surface area contributed by atoms with E-state index in [1.807, 2.05) is 0 Å². The summed E-state index contributed by atoms with van der Waals surface area (Å²) < 4.78 is 54.9. The molecule has 1 amide bonds. The van der Waals surface area contributed by atoms with Crippen LogP contribution in [0.5, 0.6) is 0 Å². The average molecular weight is 557 g/mol. The van der Waals surface area contributed by atoms with E-state index in [0.717, 1.165) is 6.07 Å². The Morgan fingerprint density at radius 1 is 1.00 bits per heavy atom. The molecule has 0 bridgehead atoms. The summed E-state index contributed by atoms with van der Waals surface area (Å²) in [5, 5.41) is 9.48. The van der Waals surface area contributed by atoms with Crippen molar-refractivity contribution in [2.45, 2.75) is 37.5 Å². The molecule has 5 nitrogen and oxygen atoms in total. The standard InChI is InChI=1S/C29H25ClF4N4O/c1-19-37(17-22-7-3-5-9-25(22)31)27(20-10-12-23(30)13-11-20)36-38(19)18-26(39)35-28(14-15-28)16-21-6-2-4-8-24(21)29(32,33)34/h2-13H,1,14-18H2,(H,35,39). The van der Waals surface area contributed by atoms with Gasteiger partial charge in [-0.3, -0.25) is 4.79 Å². The number of hydrogen-bond donors (Lipinski definition) is 1. The number of hydrogen-bond acceptors (Lipinski definition) is 4. The zero-order chi connectivity index (χ0) is 27.8. The van der Waals surface area contributed by atoms with Crippen LogP contribution in [0.15, 0.2) is 90.3 Å². The highest BCUT2D eigenvalue weighted by atomic mass is 35.5. The Morgan fingerprint density at radius 3 is 2.28 bits per heavy atom. The summed E-state index contributed by atoms with van der Waals surface area (Å²) in [6.45, 7) is 4.02. The fourth-order valence-electron chi connectivity index (χ4n) is 4.67. The number of rotatable bonds is 8. The molecule has 0 aromatic heterocycles. The molecule has 0 spiro atoms. The Balaban J connectivity index is 1.33. The maximum Gasteiger partial charge on any atom is 0.416 e. The van der Waals surface area contributed by atoms with Crippen LogP contribution in [0, 0.1) is 5.82 Å². The van der Waals surface area contributed by atoms with Crippen LogP contribution in [0.3, 0.4) is 0 Å². The molecular weight excluding hydrogens is 532 g/mol. The molecule has 202 valence electrons. The lowest BCUT2D eigenvalue weighted by Gasteiger charge is -2.25. The largest absolute Gasteiger partial charge is 0.416 e. The summed E-state index contributed by atoms with van der Waals surface area (Å²) in [5.41, 5.74) is -0.171. The van der Waals surface area contributed by atoms with Crippen molar-refractivity contribution < 1.29 is 22.4 Å². The maximum absolute atomic E-state index is 14.5. The third-order valence-electron chi connectivity index (χ3n) is 6.87. The smallest absolute Gasteiger partial charge is 0.349 e. The van der Waals surface area contributed by atoms with Crippen LogP contribution in [0.4, 0.5) is 17.6 Å². The van der Waals surface area contributed by atoms with Gasteiger partial charge >= 0.3 is 6.18 Å². The van der Waals surface area contributed by atoms with Crippen molar-refractivity contribution in [1.29, 1.82) is 0 Å². The Morgan fingerprint density at radius 2 is 1.64 bits per heavy atom. The molecule has 1 heterocycles. The molecule has 1 aliphatic heterocycles. The first kappa shape index (κ1) is 26.7. The van der Waals surface area contributed by atoms with Gasteiger partial charge in [0.15, 0.2) is 5.84 Å². The summed E-state index contributed by atoms with van der Waals surface area (Å²) in [4.78, 5) is 14.8. The highest BCUT2D eigenvalue weighted by molar-refractivity contribution is 6.30. The molecule has 1 aliphatic carbocycles. The number of amidine groups is 1. The Labute approximate surface area is 228 Å². The van der Waals surface area contributed by atoms with E-state index in [1.54, 1.807) is 53.4 Å². The molecular formula is C29H25ClF4N4O. The molecule has 0 radical (unpaired) electrons. The predicted octanol–water partition coefficient (Wildman–Crippen LogP) is 6.34. The van der Waals surface area contributed by atoms with Crippen LogP contribution in [0.1, 0.15) is 35.1 Å². The minimum Gasteiger partial charge on any atom is -0.349 e. The third kappa shape index (κ3) is 5.93. The SMILES string of the molecule is C=C1N(CC(=O)NC2(Cc3ccccc3C(F)(F)F)CC2)N=C(c2ccc(Cl)cc2)N1Cc1ccccc1F. The second-order valence-electron chi connectivity index (χ2n) is 9.74. The summed E-state index contributed by atoms with van der Waals surface area (Å²) >= 11 is 6.05. The van der Waals surface area contributed by atoms with Gasteiger partial charge in [0.25, 0.3) is 0 Å². The lowest BCUT2D eigenvalue weighted by atomic mass is 9.98. The summed E-state index contributed by atoms with van der Waals surface area (Å²) in [6.07, 6.45) is -3.25. The molecule has 3 aromatic carbocycles. The Hall–Kier alpha value is -3.85. The van der Waals surface area contributed by atoms with E-state index in [1.165, 1.54) is 23.2 Å². The minimum absolute atomic E-state index is 0.0775. The second kappa shape index (κ2) is 10.4. The molecule has 1 saturated carbocycles. The first-order valence-corrected chi connectivity index (χ1v) is 12.7. The van der Waals surface area contributed by atoms with E-state index < -0.39 is 23.2 Å². The van der Waals surface area contributed by atoms with Crippen molar-refractivity contribution in [3.05, 3.63) is 118 Å². The molecule has 1 fully saturated rings. The first-order valence-electron chi connectivity index (χ1n) is 12.3. The zero-order valence-electron chi connectivity index (χ0n) is 20.8. The van der Waals surface area contributed by atoms with Gasteiger partial charge in [-0.15, -0.1) is 0 Å². The van der Waals surface area contributed by atoms with Gasteiger partial charge in [0, 0.05) is 21.7 Å². The number of halogens is 5. The molecule has 0 atom stereocenters. The number of nitrogens with one attached hydrogen (secondary N) is 1. The van der Waals surface area contributed by atoms with Crippen LogP contribution in [-0.2, 0) is 23.9 Å². The normalized spacial score (nSPS) is 16.3. The third-order valence-corrected chi connectivity index (χ3v) is 7.12. The van der Waals surface area contributed by atoms with Crippen LogP contribution in [0.25, 0.3) is 0 Å². The highest BCUT2D eigenvalue weighted by Crippen LogP contribution is 2.42. The lowest BCUT2D eigenvalue weighted by molar-refractivity contribution is -0.138. The van der Waals surface area contributed by atoms with Crippen molar-refractivity contribution >= 4 is 23.3 Å². The van der Waals surface area contributed by atoms with E-state index in [-0.39, 0.29) is 30.9 Å². The first-order chi connectivity index (χ1) is 18.5. The molecule has 3 aromatic rings. The minimum atomic E-state index is -4.47. The summed E-state index contributed by atoms with van der Waals surface area (Å²) in [6, 6.07) is 18.7. The number of hydrazone groups is 1. The predicted molar refractivity (Wildman–Crippen MR) is 141 cm³/mol. The van der Waals surface area contributed by atoms with Gasteiger partial charge in [-0.25, -0.2) is 9.40 Å². The number of carbonyl (C=O) groups is 1. The Kier molecular flexibility index (Phi) is 7.11.